The van der Waals surface area contributed by atoms with Gasteiger partial charge in [-0.05, 0) is 29.1 Å². The van der Waals surface area contributed by atoms with Crippen molar-refractivity contribution in [1.82, 2.24) is 3.94 Å². The normalized spacial score (nSPS) is 12.7. The van der Waals surface area contributed by atoms with Gasteiger partial charge in [0.15, 0.2) is 5.17 Å². The highest BCUT2D eigenvalue weighted by Gasteiger charge is 2.15. The lowest BCUT2D eigenvalue weighted by molar-refractivity contribution is 0.685. The summed E-state index contributed by atoms with van der Waals surface area (Å²) in [5.41, 5.74) is 6.39. The van der Waals surface area contributed by atoms with Gasteiger partial charge in [-0.25, -0.2) is 0 Å². The average Bonchev–Trinajstić information content (AvgIpc) is 2.17. The van der Waals surface area contributed by atoms with E-state index in [-0.39, 0.29) is 10.4 Å². The van der Waals surface area contributed by atoms with Crippen molar-refractivity contribution in [3.8, 4) is 0 Å². The van der Waals surface area contributed by atoms with E-state index in [9.17, 15) is 0 Å². The number of halogens is 2. The second kappa shape index (κ2) is 6.23. The third-order valence-corrected chi connectivity index (χ3v) is 2.98. The lowest BCUT2D eigenvalue weighted by atomic mass is 10.1. The van der Waals surface area contributed by atoms with E-state index < -0.39 is 0 Å². The van der Waals surface area contributed by atoms with Crippen molar-refractivity contribution in [2.24, 2.45) is 5.73 Å². The SMILES string of the molecule is N=C(N)SC(CN(Cl)Cl)c1ccccc1. The van der Waals surface area contributed by atoms with E-state index >= 15 is 0 Å². The van der Waals surface area contributed by atoms with Crippen LogP contribution in [0.25, 0.3) is 0 Å². The molecule has 15 heavy (non-hydrogen) atoms. The smallest absolute Gasteiger partial charge is 0.151 e. The van der Waals surface area contributed by atoms with Gasteiger partial charge in [-0.1, -0.05) is 42.1 Å². The average molecular weight is 264 g/mol. The monoisotopic (exact) mass is 263 g/mol. The van der Waals surface area contributed by atoms with Gasteiger partial charge in [0.2, 0.25) is 0 Å². The molecule has 0 aliphatic carbocycles. The van der Waals surface area contributed by atoms with Gasteiger partial charge in [0, 0.05) is 6.54 Å². The Kier molecular flexibility index (Phi) is 5.25. The Bertz CT molecular complexity index is 318. The molecule has 0 heterocycles. The van der Waals surface area contributed by atoms with Crippen LogP contribution < -0.4 is 5.73 Å². The molecule has 82 valence electrons. The highest BCUT2D eigenvalue weighted by atomic mass is 35.5. The fourth-order valence-electron chi connectivity index (χ4n) is 1.16. The van der Waals surface area contributed by atoms with Gasteiger partial charge in [-0.2, -0.15) is 0 Å². The molecule has 1 atom stereocenters. The molecule has 0 bridgehead atoms. The van der Waals surface area contributed by atoms with E-state index in [0.717, 1.165) is 9.50 Å². The van der Waals surface area contributed by atoms with Gasteiger partial charge in [0.25, 0.3) is 0 Å². The Hall–Kier alpha value is -0.420. The lowest BCUT2D eigenvalue weighted by Crippen LogP contribution is -2.14. The van der Waals surface area contributed by atoms with E-state index in [1.165, 1.54) is 11.8 Å². The Balaban J connectivity index is 2.76. The van der Waals surface area contributed by atoms with Crippen molar-refractivity contribution in [2.75, 3.05) is 6.54 Å². The second-order valence-corrected chi connectivity index (χ2v) is 5.10. The molecule has 0 radical (unpaired) electrons. The van der Waals surface area contributed by atoms with Gasteiger partial charge in [-0.15, -0.1) is 3.94 Å². The van der Waals surface area contributed by atoms with Gasteiger partial charge in [-0.3, -0.25) is 5.41 Å². The van der Waals surface area contributed by atoms with Crippen LogP contribution in [-0.2, 0) is 0 Å². The third kappa shape index (κ3) is 4.75. The van der Waals surface area contributed by atoms with Crippen molar-refractivity contribution >= 4 is 40.5 Å². The zero-order chi connectivity index (χ0) is 11.3. The summed E-state index contributed by atoms with van der Waals surface area (Å²) in [6.07, 6.45) is 0. The van der Waals surface area contributed by atoms with Crippen molar-refractivity contribution in [3.05, 3.63) is 35.9 Å². The van der Waals surface area contributed by atoms with Crippen molar-refractivity contribution < 1.29 is 0 Å². The number of nitrogens with two attached hydrogens (primary N) is 1. The fourth-order valence-corrected chi connectivity index (χ4v) is 2.42. The summed E-state index contributed by atoms with van der Waals surface area (Å²) in [6, 6.07) is 9.69. The maximum absolute atomic E-state index is 7.25. The zero-order valence-corrected chi connectivity index (χ0v) is 10.2. The van der Waals surface area contributed by atoms with E-state index in [1.807, 2.05) is 30.3 Å². The van der Waals surface area contributed by atoms with Crippen LogP contribution in [0.1, 0.15) is 10.8 Å². The molecule has 0 saturated carbocycles. The van der Waals surface area contributed by atoms with Gasteiger partial charge in [0.1, 0.15) is 0 Å². The number of hydrogen-bond donors (Lipinski definition) is 2. The first-order valence-corrected chi connectivity index (χ1v) is 5.80. The number of hydrogen-bond acceptors (Lipinski definition) is 3. The molecule has 3 nitrogen and oxygen atoms in total. The van der Waals surface area contributed by atoms with Crippen LogP contribution in [0, 0.1) is 5.41 Å². The van der Waals surface area contributed by atoms with E-state index in [0.29, 0.717) is 6.54 Å². The summed E-state index contributed by atoms with van der Waals surface area (Å²) in [6.45, 7) is 0.414. The minimum absolute atomic E-state index is 0.0290. The Morgan fingerprint density at radius 1 is 1.40 bits per heavy atom. The topological polar surface area (TPSA) is 53.1 Å². The zero-order valence-electron chi connectivity index (χ0n) is 7.86. The van der Waals surface area contributed by atoms with Crippen molar-refractivity contribution in [1.29, 1.82) is 5.41 Å². The van der Waals surface area contributed by atoms with E-state index in [1.54, 1.807) is 0 Å². The molecule has 1 unspecified atom stereocenters. The first-order chi connectivity index (χ1) is 7.09. The molecule has 6 heteroatoms. The summed E-state index contributed by atoms with van der Waals surface area (Å²) in [7, 11) is 0. The molecule has 0 aliphatic heterocycles. The Morgan fingerprint density at radius 3 is 2.47 bits per heavy atom. The molecule has 3 N–H and O–H groups in total. The van der Waals surface area contributed by atoms with Crippen LogP contribution in [0.2, 0.25) is 0 Å². The lowest BCUT2D eigenvalue weighted by Gasteiger charge is -2.17. The molecule has 0 saturated heterocycles. The molecule has 0 amide bonds. The Labute approximate surface area is 103 Å². The fraction of sp³-hybridized carbons (Fsp3) is 0.222. The molecular formula is C9H11Cl2N3S. The van der Waals surface area contributed by atoms with Gasteiger partial charge in [0.05, 0.1) is 5.25 Å². The van der Waals surface area contributed by atoms with Crippen LogP contribution in [-0.4, -0.2) is 15.7 Å². The number of rotatable bonds is 4. The predicted molar refractivity (Wildman–Crippen MR) is 67.1 cm³/mol. The molecular weight excluding hydrogens is 253 g/mol. The van der Waals surface area contributed by atoms with Crippen molar-refractivity contribution in [2.45, 2.75) is 5.25 Å². The maximum atomic E-state index is 7.25. The summed E-state index contributed by atoms with van der Waals surface area (Å²) < 4.78 is 1.05. The van der Waals surface area contributed by atoms with Crippen LogP contribution in [0.3, 0.4) is 0 Å². The summed E-state index contributed by atoms with van der Waals surface area (Å²) in [4.78, 5) is 0. The number of thioether (sulfide) groups is 1. The number of nitrogens with one attached hydrogen (secondary N) is 1. The van der Waals surface area contributed by atoms with Crippen LogP contribution in [0.5, 0.6) is 0 Å². The van der Waals surface area contributed by atoms with Crippen molar-refractivity contribution in [3.63, 3.8) is 0 Å². The maximum Gasteiger partial charge on any atom is 0.151 e. The predicted octanol–water partition coefficient (Wildman–Crippen LogP) is 2.96. The van der Waals surface area contributed by atoms with Gasteiger partial charge < -0.3 is 5.73 Å². The van der Waals surface area contributed by atoms with Crippen LogP contribution in [0.15, 0.2) is 30.3 Å². The van der Waals surface area contributed by atoms with Gasteiger partial charge >= 0.3 is 0 Å². The minimum atomic E-state index is -0.0290. The molecule has 0 fully saturated rings. The minimum Gasteiger partial charge on any atom is -0.379 e. The summed E-state index contributed by atoms with van der Waals surface area (Å²) >= 11 is 12.4. The molecule has 0 aromatic heterocycles. The number of amidine groups is 1. The van der Waals surface area contributed by atoms with Crippen LogP contribution >= 0.6 is 35.3 Å². The second-order valence-electron chi connectivity index (χ2n) is 2.87. The first kappa shape index (κ1) is 12.6. The molecule has 0 aliphatic rings. The molecule has 1 aromatic carbocycles. The van der Waals surface area contributed by atoms with Crippen LogP contribution in [0.4, 0.5) is 0 Å². The number of nitrogens with zero attached hydrogens (tertiary/aromatic N) is 1. The van der Waals surface area contributed by atoms with E-state index in [2.05, 4.69) is 0 Å². The molecule has 0 spiro atoms. The first-order valence-electron chi connectivity index (χ1n) is 4.24. The van der Waals surface area contributed by atoms with E-state index in [4.69, 9.17) is 34.7 Å². The Morgan fingerprint density at radius 2 is 2.00 bits per heavy atom. The number of benzene rings is 1. The molecule has 1 rings (SSSR count). The molecule has 1 aromatic rings. The standard InChI is InChI=1S/C9H11Cl2N3S/c10-14(11)6-8(15-9(12)13)7-4-2-1-3-5-7/h1-5,8H,6H2,(H3,12,13). The summed E-state index contributed by atoms with van der Waals surface area (Å²) in [5.74, 6) is 0. The highest BCUT2D eigenvalue weighted by Crippen LogP contribution is 2.30. The third-order valence-electron chi connectivity index (χ3n) is 1.74. The highest BCUT2D eigenvalue weighted by molar-refractivity contribution is 8.13. The largest absolute Gasteiger partial charge is 0.379 e. The quantitative estimate of drug-likeness (QED) is 0.499. The summed E-state index contributed by atoms with van der Waals surface area (Å²) in [5, 5.41) is 7.28.